The molecule has 1 aromatic heterocycles. The van der Waals surface area contributed by atoms with Crippen LogP contribution in [0.25, 0.3) is 0 Å². The zero-order valence-electron chi connectivity index (χ0n) is 11.4. The van der Waals surface area contributed by atoms with E-state index in [1.54, 1.807) is 20.0 Å². The molecule has 1 aliphatic rings. The summed E-state index contributed by atoms with van der Waals surface area (Å²) in [4.78, 5) is 0. The molecule has 1 fully saturated rings. The van der Waals surface area contributed by atoms with E-state index >= 15 is 0 Å². The summed E-state index contributed by atoms with van der Waals surface area (Å²) in [5.74, 6) is 0. The van der Waals surface area contributed by atoms with Crippen molar-refractivity contribution in [3.63, 3.8) is 0 Å². The van der Waals surface area contributed by atoms with Crippen molar-refractivity contribution >= 4 is 5.69 Å². The largest absolute Gasteiger partial charge is 0.388 e. The van der Waals surface area contributed by atoms with Crippen LogP contribution in [0, 0.1) is 0 Å². The van der Waals surface area contributed by atoms with Crippen molar-refractivity contribution in [2.45, 2.75) is 57.9 Å². The van der Waals surface area contributed by atoms with Gasteiger partial charge >= 0.3 is 0 Å². The minimum atomic E-state index is -0.753. The Morgan fingerprint density at radius 1 is 1.67 bits per heavy atom. The van der Waals surface area contributed by atoms with Crippen LogP contribution in [-0.2, 0) is 11.3 Å². The second-order valence-electron chi connectivity index (χ2n) is 5.61. The molecule has 0 aliphatic carbocycles. The number of ether oxygens (including phenoxy) is 1. The summed E-state index contributed by atoms with van der Waals surface area (Å²) in [6.07, 6.45) is 6.31. The third kappa shape index (κ3) is 3.46. The van der Waals surface area contributed by atoms with Crippen LogP contribution in [-0.4, -0.2) is 39.2 Å². The van der Waals surface area contributed by atoms with Gasteiger partial charge in [-0.2, -0.15) is 5.10 Å². The SMILES string of the molecule is CC(Nc1cnn(CC2CCCO2)c1)C(C)(C)O. The Morgan fingerprint density at radius 3 is 3.06 bits per heavy atom. The van der Waals surface area contributed by atoms with Gasteiger partial charge in [-0.15, -0.1) is 0 Å². The van der Waals surface area contributed by atoms with E-state index in [0.717, 1.165) is 31.7 Å². The minimum absolute atomic E-state index is 0.0297. The summed E-state index contributed by atoms with van der Waals surface area (Å²) in [6, 6.07) is -0.0297. The molecule has 102 valence electrons. The van der Waals surface area contributed by atoms with Gasteiger partial charge in [0.15, 0.2) is 0 Å². The zero-order chi connectivity index (χ0) is 13.2. The first-order valence-electron chi connectivity index (χ1n) is 6.58. The van der Waals surface area contributed by atoms with Crippen molar-refractivity contribution in [2.75, 3.05) is 11.9 Å². The molecule has 2 heterocycles. The average Bonchev–Trinajstić information content (AvgIpc) is 2.89. The summed E-state index contributed by atoms with van der Waals surface area (Å²) < 4.78 is 7.48. The molecule has 0 bridgehead atoms. The molecule has 0 spiro atoms. The topological polar surface area (TPSA) is 59.3 Å². The lowest BCUT2D eigenvalue weighted by molar-refractivity contribution is 0.0649. The van der Waals surface area contributed by atoms with Crippen LogP contribution in [0.5, 0.6) is 0 Å². The second kappa shape index (κ2) is 5.28. The highest BCUT2D eigenvalue weighted by Crippen LogP contribution is 2.17. The first-order valence-corrected chi connectivity index (χ1v) is 6.58. The van der Waals surface area contributed by atoms with Crippen LogP contribution in [0.1, 0.15) is 33.6 Å². The van der Waals surface area contributed by atoms with Crippen LogP contribution in [0.2, 0.25) is 0 Å². The monoisotopic (exact) mass is 253 g/mol. The van der Waals surface area contributed by atoms with Crippen molar-refractivity contribution in [1.29, 1.82) is 0 Å². The van der Waals surface area contributed by atoms with Gasteiger partial charge in [-0.3, -0.25) is 4.68 Å². The van der Waals surface area contributed by atoms with Gasteiger partial charge in [-0.05, 0) is 33.6 Å². The van der Waals surface area contributed by atoms with Gasteiger partial charge in [-0.1, -0.05) is 0 Å². The van der Waals surface area contributed by atoms with Crippen molar-refractivity contribution in [3.05, 3.63) is 12.4 Å². The van der Waals surface area contributed by atoms with E-state index < -0.39 is 5.60 Å². The predicted molar refractivity (Wildman–Crippen MR) is 70.6 cm³/mol. The number of rotatable bonds is 5. The summed E-state index contributed by atoms with van der Waals surface area (Å²) in [5.41, 5.74) is 0.180. The maximum absolute atomic E-state index is 9.87. The molecule has 0 aromatic carbocycles. The van der Waals surface area contributed by atoms with Crippen molar-refractivity contribution in [1.82, 2.24) is 9.78 Å². The van der Waals surface area contributed by atoms with Crippen molar-refractivity contribution < 1.29 is 9.84 Å². The van der Waals surface area contributed by atoms with Gasteiger partial charge < -0.3 is 15.2 Å². The van der Waals surface area contributed by atoms with E-state index in [4.69, 9.17) is 4.74 Å². The highest BCUT2D eigenvalue weighted by atomic mass is 16.5. The van der Waals surface area contributed by atoms with E-state index in [1.807, 2.05) is 17.8 Å². The maximum atomic E-state index is 9.87. The molecule has 1 saturated heterocycles. The van der Waals surface area contributed by atoms with Gasteiger partial charge in [0.2, 0.25) is 0 Å². The van der Waals surface area contributed by atoms with Gasteiger partial charge in [0.1, 0.15) is 0 Å². The molecule has 18 heavy (non-hydrogen) atoms. The normalized spacial score (nSPS) is 22.1. The van der Waals surface area contributed by atoms with E-state index in [0.29, 0.717) is 6.10 Å². The molecule has 2 N–H and O–H groups in total. The Morgan fingerprint density at radius 2 is 2.44 bits per heavy atom. The van der Waals surface area contributed by atoms with Crippen molar-refractivity contribution in [2.24, 2.45) is 0 Å². The quantitative estimate of drug-likeness (QED) is 0.837. The smallest absolute Gasteiger partial charge is 0.0789 e. The molecule has 2 unspecified atom stereocenters. The molecule has 0 radical (unpaired) electrons. The van der Waals surface area contributed by atoms with E-state index in [9.17, 15) is 5.11 Å². The highest BCUT2D eigenvalue weighted by molar-refractivity contribution is 5.39. The van der Waals surface area contributed by atoms with E-state index in [2.05, 4.69) is 10.4 Å². The summed E-state index contributed by atoms with van der Waals surface area (Å²) in [6.45, 7) is 7.21. The Kier molecular flexibility index (Phi) is 3.92. The number of aromatic nitrogens is 2. The number of nitrogens with zero attached hydrogens (tertiary/aromatic N) is 2. The lowest BCUT2D eigenvalue weighted by atomic mass is 10.0. The third-order valence-electron chi connectivity index (χ3n) is 3.49. The maximum Gasteiger partial charge on any atom is 0.0789 e. The van der Waals surface area contributed by atoms with Crippen LogP contribution in [0.4, 0.5) is 5.69 Å². The molecule has 2 atom stereocenters. The van der Waals surface area contributed by atoms with Crippen LogP contribution >= 0.6 is 0 Å². The predicted octanol–water partition coefficient (Wildman–Crippen LogP) is 1.63. The molecule has 1 aromatic rings. The van der Waals surface area contributed by atoms with Gasteiger partial charge in [0.05, 0.1) is 36.2 Å². The van der Waals surface area contributed by atoms with Gasteiger partial charge in [0.25, 0.3) is 0 Å². The fraction of sp³-hybridized carbons (Fsp3) is 0.769. The Bertz CT molecular complexity index is 378. The molecule has 5 nitrogen and oxygen atoms in total. The fourth-order valence-electron chi connectivity index (χ4n) is 1.96. The molecule has 1 aliphatic heterocycles. The number of hydrogen-bond donors (Lipinski definition) is 2. The Hall–Kier alpha value is -1.07. The summed E-state index contributed by atoms with van der Waals surface area (Å²) >= 11 is 0. The third-order valence-corrected chi connectivity index (χ3v) is 3.49. The number of hydrogen-bond acceptors (Lipinski definition) is 4. The number of anilines is 1. The highest BCUT2D eigenvalue weighted by Gasteiger charge is 2.22. The molecular formula is C13H23N3O2. The molecule has 2 rings (SSSR count). The molecular weight excluding hydrogens is 230 g/mol. The fourth-order valence-corrected chi connectivity index (χ4v) is 1.96. The lowest BCUT2D eigenvalue weighted by Gasteiger charge is -2.26. The van der Waals surface area contributed by atoms with Crippen LogP contribution in [0.15, 0.2) is 12.4 Å². The standard InChI is InChI=1S/C13H23N3O2/c1-10(13(2,3)17)15-11-7-14-16(8-11)9-12-5-4-6-18-12/h7-8,10,12,15,17H,4-6,9H2,1-3H3. The lowest BCUT2D eigenvalue weighted by Crippen LogP contribution is -2.39. The molecule has 5 heteroatoms. The summed E-state index contributed by atoms with van der Waals surface area (Å²) in [5, 5.41) is 17.4. The number of aliphatic hydroxyl groups is 1. The van der Waals surface area contributed by atoms with Gasteiger partial charge in [0, 0.05) is 12.8 Å². The average molecular weight is 253 g/mol. The van der Waals surface area contributed by atoms with E-state index in [-0.39, 0.29) is 6.04 Å². The zero-order valence-corrected chi connectivity index (χ0v) is 11.4. The molecule has 0 amide bonds. The van der Waals surface area contributed by atoms with Gasteiger partial charge in [-0.25, -0.2) is 0 Å². The van der Waals surface area contributed by atoms with Crippen molar-refractivity contribution in [3.8, 4) is 0 Å². The van der Waals surface area contributed by atoms with E-state index in [1.165, 1.54) is 0 Å². The minimum Gasteiger partial charge on any atom is -0.388 e. The first-order chi connectivity index (χ1) is 8.45. The Balaban J connectivity index is 1.89. The first kappa shape index (κ1) is 13.4. The Labute approximate surface area is 108 Å². The number of nitrogens with one attached hydrogen (secondary N) is 1. The summed E-state index contributed by atoms with van der Waals surface area (Å²) in [7, 11) is 0. The second-order valence-corrected chi connectivity index (χ2v) is 5.61. The van der Waals surface area contributed by atoms with Crippen LogP contribution < -0.4 is 5.32 Å². The van der Waals surface area contributed by atoms with Crippen LogP contribution in [0.3, 0.4) is 0 Å². The molecule has 0 saturated carbocycles.